The molecule has 0 radical (unpaired) electrons. The summed E-state index contributed by atoms with van der Waals surface area (Å²) >= 11 is 0. The predicted octanol–water partition coefficient (Wildman–Crippen LogP) is 2.33. The van der Waals surface area contributed by atoms with E-state index in [2.05, 4.69) is 12.2 Å². The van der Waals surface area contributed by atoms with Crippen molar-refractivity contribution in [2.75, 3.05) is 6.54 Å². The molecule has 3 atom stereocenters. The fourth-order valence-electron chi connectivity index (χ4n) is 3.55. The van der Waals surface area contributed by atoms with Gasteiger partial charge in [0.05, 0.1) is 0 Å². The van der Waals surface area contributed by atoms with E-state index in [-0.39, 0.29) is 23.8 Å². The van der Waals surface area contributed by atoms with E-state index in [9.17, 15) is 9.59 Å². The van der Waals surface area contributed by atoms with Crippen LogP contribution in [0.4, 0.5) is 0 Å². The van der Waals surface area contributed by atoms with E-state index in [1.165, 1.54) is 19.3 Å². The normalized spacial score (nSPS) is 32.2. The molecular weight excluding hydrogens is 252 g/mol. The van der Waals surface area contributed by atoms with Crippen molar-refractivity contribution in [3.8, 4) is 0 Å². The van der Waals surface area contributed by atoms with E-state index in [1.807, 2.05) is 18.7 Å². The van der Waals surface area contributed by atoms with E-state index in [1.54, 1.807) is 0 Å². The van der Waals surface area contributed by atoms with E-state index in [0.29, 0.717) is 19.0 Å². The lowest BCUT2D eigenvalue weighted by Gasteiger charge is -2.38. The first-order chi connectivity index (χ1) is 9.52. The molecule has 20 heavy (non-hydrogen) atoms. The molecule has 0 spiro atoms. The number of rotatable bonds is 3. The van der Waals surface area contributed by atoms with Crippen molar-refractivity contribution in [1.82, 2.24) is 10.2 Å². The predicted molar refractivity (Wildman–Crippen MR) is 79.1 cm³/mol. The first-order valence-corrected chi connectivity index (χ1v) is 8.12. The van der Waals surface area contributed by atoms with Crippen LogP contribution in [0.15, 0.2) is 0 Å². The number of carbonyl (C=O) groups is 2. The summed E-state index contributed by atoms with van der Waals surface area (Å²) in [5, 5.41) is 2.89. The van der Waals surface area contributed by atoms with Crippen LogP contribution in [0, 0.1) is 11.8 Å². The SMILES string of the molecule is CCC1CCCC(N2CCC(=O)NC(C(C)C)C2=O)C1. The molecule has 114 valence electrons. The minimum atomic E-state index is -0.341. The molecule has 2 aliphatic rings. The van der Waals surface area contributed by atoms with Crippen molar-refractivity contribution < 1.29 is 9.59 Å². The van der Waals surface area contributed by atoms with E-state index >= 15 is 0 Å². The Hall–Kier alpha value is -1.06. The molecule has 0 aromatic rings. The highest BCUT2D eigenvalue weighted by Crippen LogP contribution is 2.31. The van der Waals surface area contributed by atoms with Gasteiger partial charge in [-0.1, -0.05) is 40.0 Å². The fourth-order valence-corrected chi connectivity index (χ4v) is 3.55. The maximum Gasteiger partial charge on any atom is 0.245 e. The number of nitrogens with one attached hydrogen (secondary N) is 1. The highest BCUT2D eigenvalue weighted by atomic mass is 16.2. The Morgan fingerprint density at radius 1 is 1.30 bits per heavy atom. The third-order valence-corrected chi connectivity index (χ3v) is 4.89. The first-order valence-electron chi connectivity index (χ1n) is 8.12. The minimum absolute atomic E-state index is 0.0161. The van der Waals surface area contributed by atoms with Crippen LogP contribution < -0.4 is 5.32 Å². The quantitative estimate of drug-likeness (QED) is 0.862. The number of hydrogen-bond donors (Lipinski definition) is 1. The Kier molecular flexibility index (Phi) is 5.06. The maximum atomic E-state index is 12.7. The number of nitrogens with zero attached hydrogens (tertiary/aromatic N) is 1. The van der Waals surface area contributed by atoms with Crippen LogP contribution in [0.2, 0.25) is 0 Å². The zero-order valence-corrected chi connectivity index (χ0v) is 13.0. The summed E-state index contributed by atoms with van der Waals surface area (Å²) in [4.78, 5) is 26.5. The first kappa shape index (κ1) is 15.3. The molecule has 1 aliphatic carbocycles. The molecule has 1 saturated heterocycles. The average molecular weight is 280 g/mol. The van der Waals surface area contributed by atoms with Crippen LogP contribution in [0.25, 0.3) is 0 Å². The third kappa shape index (κ3) is 3.33. The zero-order valence-electron chi connectivity index (χ0n) is 13.0. The van der Waals surface area contributed by atoms with Crippen molar-refractivity contribution in [2.24, 2.45) is 11.8 Å². The van der Waals surface area contributed by atoms with Gasteiger partial charge in [0.25, 0.3) is 0 Å². The van der Waals surface area contributed by atoms with Gasteiger partial charge >= 0.3 is 0 Å². The smallest absolute Gasteiger partial charge is 0.245 e. The van der Waals surface area contributed by atoms with Crippen LogP contribution in [-0.4, -0.2) is 35.3 Å². The summed E-state index contributed by atoms with van der Waals surface area (Å²) in [5.74, 6) is 1.04. The van der Waals surface area contributed by atoms with Crippen LogP contribution in [0.1, 0.15) is 59.3 Å². The molecule has 1 aliphatic heterocycles. The maximum absolute atomic E-state index is 12.7. The number of hydrogen-bond acceptors (Lipinski definition) is 2. The Balaban J connectivity index is 2.12. The molecule has 3 unspecified atom stereocenters. The van der Waals surface area contributed by atoms with Gasteiger partial charge in [0.15, 0.2) is 0 Å². The Morgan fingerprint density at radius 3 is 2.70 bits per heavy atom. The van der Waals surface area contributed by atoms with E-state index in [0.717, 1.165) is 18.8 Å². The molecule has 2 amide bonds. The molecule has 4 nitrogen and oxygen atoms in total. The Bertz CT molecular complexity index is 367. The molecule has 2 fully saturated rings. The molecule has 0 aromatic heterocycles. The topological polar surface area (TPSA) is 49.4 Å². The van der Waals surface area contributed by atoms with Gasteiger partial charge < -0.3 is 10.2 Å². The summed E-state index contributed by atoms with van der Waals surface area (Å²) in [6.07, 6.45) is 6.36. The van der Waals surface area contributed by atoms with Crippen LogP contribution >= 0.6 is 0 Å². The second kappa shape index (κ2) is 6.59. The van der Waals surface area contributed by atoms with Crippen molar-refractivity contribution >= 4 is 11.8 Å². The van der Waals surface area contributed by atoms with Gasteiger partial charge in [-0.2, -0.15) is 0 Å². The van der Waals surface area contributed by atoms with E-state index in [4.69, 9.17) is 0 Å². The highest BCUT2D eigenvalue weighted by Gasteiger charge is 2.36. The summed E-state index contributed by atoms with van der Waals surface area (Å²) < 4.78 is 0. The van der Waals surface area contributed by atoms with Crippen LogP contribution in [-0.2, 0) is 9.59 Å². The minimum Gasteiger partial charge on any atom is -0.344 e. The van der Waals surface area contributed by atoms with Crippen LogP contribution in [0.3, 0.4) is 0 Å². The second-order valence-corrected chi connectivity index (χ2v) is 6.67. The summed E-state index contributed by atoms with van der Waals surface area (Å²) in [6, 6.07) is 0.00199. The Morgan fingerprint density at radius 2 is 2.05 bits per heavy atom. The third-order valence-electron chi connectivity index (χ3n) is 4.89. The second-order valence-electron chi connectivity index (χ2n) is 6.67. The van der Waals surface area contributed by atoms with Crippen molar-refractivity contribution in [3.63, 3.8) is 0 Å². The van der Waals surface area contributed by atoms with Gasteiger partial charge in [-0.25, -0.2) is 0 Å². The zero-order chi connectivity index (χ0) is 14.7. The lowest BCUT2D eigenvalue weighted by Crippen LogP contribution is -2.51. The van der Waals surface area contributed by atoms with Crippen molar-refractivity contribution in [3.05, 3.63) is 0 Å². The lowest BCUT2D eigenvalue weighted by atomic mass is 9.83. The van der Waals surface area contributed by atoms with Gasteiger partial charge in [-0.3, -0.25) is 9.59 Å². The fraction of sp³-hybridized carbons (Fsp3) is 0.875. The molecule has 0 bridgehead atoms. The standard InChI is InChI=1S/C16H28N2O2/c1-4-12-6-5-7-13(10-12)18-9-8-14(19)17-15(11(2)3)16(18)20/h11-13,15H,4-10H2,1-3H3,(H,17,19). The molecule has 2 rings (SSSR count). The van der Waals surface area contributed by atoms with Crippen LogP contribution in [0.5, 0.6) is 0 Å². The lowest BCUT2D eigenvalue weighted by molar-refractivity contribution is -0.137. The van der Waals surface area contributed by atoms with Crippen molar-refractivity contribution in [2.45, 2.75) is 71.4 Å². The van der Waals surface area contributed by atoms with Gasteiger partial charge in [0.2, 0.25) is 11.8 Å². The summed E-state index contributed by atoms with van der Waals surface area (Å²) in [7, 11) is 0. The highest BCUT2D eigenvalue weighted by molar-refractivity contribution is 5.90. The molecule has 1 heterocycles. The largest absolute Gasteiger partial charge is 0.344 e. The monoisotopic (exact) mass is 280 g/mol. The van der Waals surface area contributed by atoms with E-state index < -0.39 is 0 Å². The number of carbonyl (C=O) groups excluding carboxylic acids is 2. The molecule has 4 heteroatoms. The summed E-state index contributed by atoms with van der Waals surface area (Å²) in [5.41, 5.74) is 0. The molecular formula is C16H28N2O2. The average Bonchev–Trinajstić information content (AvgIpc) is 2.58. The molecule has 0 aromatic carbocycles. The molecule has 1 N–H and O–H groups in total. The number of amides is 2. The van der Waals surface area contributed by atoms with Gasteiger partial charge in [0, 0.05) is 19.0 Å². The Labute approximate surface area is 122 Å². The van der Waals surface area contributed by atoms with Gasteiger partial charge in [-0.05, 0) is 24.7 Å². The van der Waals surface area contributed by atoms with Gasteiger partial charge in [0.1, 0.15) is 6.04 Å². The van der Waals surface area contributed by atoms with Gasteiger partial charge in [-0.15, -0.1) is 0 Å². The van der Waals surface area contributed by atoms with Crippen molar-refractivity contribution in [1.29, 1.82) is 0 Å². The molecule has 1 saturated carbocycles. The summed E-state index contributed by atoms with van der Waals surface area (Å²) in [6.45, 7) is 6.83.